The summed E-state index contributed by atoms with van der Waals surface area (Å²) < 4.78 is 13.9. The van der Waals surface area contributed by atoms with Crippen molar-refractivity contribution in [3.63, 3.8) is 0 Å². The molecule has 3 nitrogen and oxygen atoms in total. The van der Waals surface area contributed by atoms with Crippen molar-refractivity contribution in [2.45, 2.75) is 18.9 Å². The maximum Gasteiger partial charge on any atom is 0.135 e. The summed E-state index contributed by atoms with van der Waals surface area (Å²) in [5, 5.41) is 0. The van der Waals surface area contributed by atoms with Crippen LogP contribution < -0.4 is 10.6 Å². The minimum absolute atomic E-state index is 0.118. The van der Waals surface area contributed by atoms with E-state index in [1.165, 1.54) is 6.07 Å². The van der Waals surface area contributed by atoms with Crippen LogP contribution in [0, 0.1) is 5.82 Å². The SMILES string of the molecule is CN1CCC(N(C)c2cccc(F)c2C(N)=S)CC1. The van der Waals surface area contributed by atoms with Crippen LogP contribution >= 0.6 is 12.2 Å². The molecular formula is C14H20FN3S. The fourth-order valence-electron chi connectivity index (χ4n) is 2.63. The van der Waals surface area contributed by atoms with Gasteiger partial charge < -0.3 is 15.5 Å². The third-order valence-electron chi connectivity index (χ3n) is 3.85. The number of nitrogens with zero attached hydrogens (tertiary/aromatic N) is 2. The van der Waals surface area contributed by atoms with Crippen molar-refractivity contribution in [2.24, 2.45) is 5.73 Å². The molecule has 0 radical (unpaired) electrons. The first-order valence-corrected chi connectivity index (χ1v) is 6.91. The number of anilines is 1. The number of halogens is 1. The number of piperidine rings is 1. The van der Waals surface area contributed by atoms with Gasteiger partial charge in [-0.15, -0.1) is 0 Å². The van der Waals surface area contributed by atoms with Crippen LogP contribution in [0.15, 0.2) is 18.2 Å². The molecule has 0 amide bonds. The lowest BCUT2D eigenvalue weighted by Crippen LogP contribution is -2.42. The van der Waals surface area contributed by atoms with Gasteiger partial charge in [0.25, 0.3) is 0 Å². The fourth-order valence-corrected chi connectivity index (χ4v) is 2.83. The second-order valence-electron chi connectivity index (χ2n) is 5.14. The molecule has 0 atom stereocenters. The van der Waals surface area contributed by atoms with Crippen molar-refractivity contribution < 1.29 is 4.39 Å². The van der Waals surface area contributed by atoms with Gasteiger partial charge in [-0.3, -0.25) is 0 Å². The molecule has 1 aromatic carbocycles. The second-order valence-corrected chi connectivity index (χ2v) is 5.58. The summed E-state index contributed by atoms with van der Waals surface area (Å²) >= 11 is 4.98. The van der Waals surface area contributed by atoms with Gasteiger partial charge in [-0.05, 0) is 45.1 Å². The molecule has 104 valence electrons. The Balaban J connectivity index is 2.26. The first-order valence-electron chi connectivity index (χ1n) is 6.50. The van der Waals surface area contributed by atoms with Gasteiger partial charge in [0.2, 0.25) is 0 Å². The Labute approximate surface area is 119 Å². The Hall–Kier alpha value is -1.20. The molecule has 19 heavy (non-hydrogen) atoms. The normalized spacial score (nSPS) is 17.4. The van der Waals surface area contributed by atoms with Gasteiger partial charge in [0, 0.05) is 18.8 Å². The lowest BCUT2D eigenvalue weighted by molar-refractivity contribution is 0.253. The van der Waals surface area contributed by atoms with Crippen LogP contribution in [0.5, 0.6) is 0 Å². The van der Waals surface area contributed by atoms with Gasteiger partial charge >= 0.3 is 0 Å². The number of thiocarbonyl (C=S) groups is 1. The molecule has 2 rings (SSSR count). The molecular weight excluding hydrogens is 261 g/mol. The first kappa shape index (κ1) is 14.2. The topological polar surface area (TPSA) is 32.5 Å². The van der Waals surface area contributed by atoms with E-state index in [-0.39, 0.29) is 10.8 Å². The Bertz CT molecular complexity index is 470. The minimum atomic E-state index is -0.343. The third kappa shape index (κ3) is 3.04. The largest absolute Gasteiger partial charge is 0.389 e. The first-order chi connectivity index (χ1) is 9.00. The van der Waals surface area contributed by atoms with Crippen LogP contribution in [0.3, 0.4) is 0 Å². The van der Waals surface area contributed by atoms with E-state index in [4.69, 9.17) is 18.0 Å². The van der Waals surface area contributed by atoms with Crippen LogP contribution in [0.4, 0.5) is 10.1 Å². The van der Waals surface area contributed by atoms with Crippen LogP contribution in [0.1, 0.15) is 18.4 Å². The number of nitrogens with two attached hydrogens (primary N) is 1. The molecule has 5 heteroatoms. The smallest absolute Gasteiger partial charge is 0.135 e. The zero-order valence-corrected chi connectivity index (χ0v) is 12.2. The Kier molecular flexibility index (Phi) is 4.37. The summed E-state index contributed by atoms with van der Waals surface area (Å²) in [5.74, 6) is -0.343. The average molecular weight is 281 g/mol. The standard InChI is InChI=1S/C14H20FN3S/c1-17-8-6-10(7-9-17)18(2)12-5-3-4-11(15)13(12)14(16)19/h3-5,10H,6-9H2,1-2H3,(H2,16,19). The molecule has 2 N–H and O–H groups in total. The van der Waals surface area contributed by atoms with Crippen molar-refractivity contribution in [1.29, 1.82) is 0 Å². The molecule has 0 spiro atoms. The number of likely N-dealkylation sites (tertiary alicyclic amines) is 1. The number of hydrogen-bond acceptors (Lipinski definition) is 3. The molecule has 0 aliphatic carbocycles. The summed E-state index contributed by atoms with van der Waals surface area (Å²) in [6.45, 7) is 2.12. The van der Waals surface area contributed by atoms with E-state index in [9.17, 15) is 4.39 Å². The highest BCUT2D eigenvalue weighted by atomic mass is 32.1. The van der Waals surface area contributed by atoms with Crippen molar-refractivity contribution >= 4 is 22.9 Å². The van der Waals surface area contributed by atoms with Gasteiger partial charge in [-0.25, -0.2) is 4.39 Å². The van der Waals surface area contributed by atoms with Gasteiger partial charge in [0.1, 0.15) is 10.8 Å². The summed E-state index contributed by atoms with van der Waals surface area (Å²) in [6.07, 6.45) is 2.14. The van der Waals surface area contributed by atoms with E-state index in [2.05, 4.69) is 16.8 Å². The van der Waals surface area contributed by atoms with Gasteiger partial charge in [0.05, 0.1) is 5.56 Å². The van der Waals surface area contributed by atoms with Gasteiger partial charge in [0.15, 0.2) is 0 Å². The highest BCUT2D eigenvalue weighted by molar-refractivity contribution is 7.80. The fraction of sp³-hybridized carbons (Fsp3) is 0.500. The maximum atomic E-state index is 13.9. The van der Waals surface area contributed by atoms with Crippen LogP contribution in [0.2, 0.25) is 0 Å². The monoisotopic (exact) mass is 281 g/mol. The Morgan fingerprint density at radius 2 is 2.05 bits per heavy atom. The predicted molar refractivity (Wildman–Crippen MR) is 81.2 cm³/mol. The van der Waals surface area contributed by atoms with E-state index in [0.717, 1.165) is 31.6 Å². The summed E-state index contributed by atoms with van der Waals surface area (Å²) in [5.41, 5.74) is 6.82. The lowest BCUT2D eigenvalue weighted by atomic mass is 10.0. The number of rotatable bonds is 3. The third-order valence-corrected chi connectivity index (χ3v) is 4.06. The summed E-state index contributed by atoms with van der Waals surface area (Å²) in [4.78, 5) is 4.54. The molecule has 1 heterocycles. The molecule has 0 bridgehead atoms. The Morgan fingerprint density at radius 1 is 1.42 bits per heavy atom. The van der Waals surface area contributed by atoms with Crippen molar-refractivity contribution in [3.8, 4) is 0 Å². The van der Waals surface area contributed by atoms with E-state index in [1.807, 2.05) is 13.1 Å². The second kappa shape index (κ2) is 5.84. The molecule has 1 saturated heterocycles. The van der Waals surface area contributed by atoms with Crippen LogP contribution in [-0.2, 0) is 0 Å². The molecule has 0 aromatic heterocycles. The highest BCUT2D eigenvalue weighted by Crippen LogP contribution is 2.27. The highest BCUT2D eigenvalue weighted by Gasteiger charge is 2.23. The van der Waals surface area contributed by atoms with E-state index in [0.29, 0.717) is 11.6 Å². The van der Waals surface area contributed by atoms with E-state index in [1.54, 1.807) is 6.07 Å². The zero-order chi connectivity index (χ0) is 14.0. The molecule has 1 aliphatic heterocycles. The number of benzene rings is 1. The summed E-state index contributed by atoms with van der Waals surface area (Å²) in [7, 11) is 4.12. The molecule has 1 aliphatic rings. The molecule has 1 fully saturated rings. The van der Waals surface area contributed by atoms with E-state index < -0.39 is 0 Å². The van der Waals surface area contributed by atoms with Gasteiger partial charge in [-0.2, -0.15) is 0 Å². The molecule has 1 aromatic rings. The zero-order valence-electron chi connectivity index (χ0n) is 11.4. The molecule has 0 unspecified atom stereocenters. The Morgan fingerprint density at radius 3 is 2.63 bits per heavy atom. The molecule has 0 saturated carbocycles. The van der Waals surface area contributed by atoms with Crippen LogP contribution in [0.25, 0.3) is 0 Å². The predicted octanol–water partition coefficient (Wildman–Crippen LogP) is 1.99. The summed E-state index contributed by atoms with van der Waals surface area (Å²) in [6, 6.07) is 5.40. The maximum absolute atomic E-state index is 13.9. The lowest BCUT2D eigenvalue weighted by Gasteiger charge is -2.37. The van der Waals surface area contributed by atoms with Crippen molar-refractivity contribution in [2.75, 3.05) is 32.1 Å². The van der Waals surface area contributed by atoms with E-state index >= 15 is 0 Å². The minimum Gasteiger partial charge on any atom is -0.389 e. The quantitative estimate of drug-likeness (QED) is 0.859. The average Bonchev–Trinajstić information content (AvgIpc) is 2.38. The van der Waals surface area contributed by atoms with Gasteiger partial charge in [-0.1, -0.05) is 18.3 Å². The number of hydrogen-bond donors (Lipinski definition) is 1. The van der Waals surface area contributed by atoms with Crippen molar-refractivity contribution in [1.82, 2.24) is 4.90 Å². The van der Waals surface area contributed by atoms with Crippen LogP contribution in [-0.4, -0.2) is 43.1 Å². The van der Waals surface area contributed by atoms with Crippen molar-refractivity contribution in [3.05, 3.63) is 29.6 Å².